The van der Waals surface area contributed by atoms with E-state index >= 15 is 0 Å². The summed E-state index contributed by atoms with van der Waals surface area (Å²) >= 11 is 0. The number of nitrogens with one attached hydrogen (secondary N) is 3. The summed E-state index contributed by atoms with van der Waals surface area (Å²) in [5, 5.41) is 8.00. The fourth-order valence-corrected chi connectivity index (χ4v) is 2.48. The summed E-state index contributed by atoms with van der Waals surface area (Å²) in [4.78, 5) is 35.1. The predicted molar refractivity (Wildman–Crippen MR) is 98.5 cm³/mol. The summed E-state index contributed by atoms with van der Waals surface area (Å²) in [6.07, 6.45) is -0.294. The van der Waals surface area contributed by atoms with E-state index in [-0.39, 0.29) is 18.2 Å². The maximum atomic E-state index is 12.0. The van der Waals surface area contributed by atoms with Crippen LogP contribution >= 0.6 is 0 Å². The van der Waals surface area contributed by atoms with Crippen molar-refractivity contribution in [1.29, 1.82) is 0 Å². The fraction of sp³-hybridized carbons (Fsp3) is 0.211. The Morgan fingerprint density at radius 2 is 1.28 bits per heavy atom. The second-order valence-corrected chi connectivity index (χ2v) is 5.91. The van der Waals surface area contributed by atoms with Gasteiger partial charge in [0.05, 0.1) is 0 Å². The van der Waals surface area contributed by atoms with Crippen LogP contribution in [0.4, 0.5) is 17.1 Å². The van der Waals surface area contributed by atoms with Gasteiger partial charge in [-0.05, 0) is 55.3 Å². The van der Waals surface area contributed by atoms with Gasteiger partial charge in [0.1, 0.15) is 6.42 Å². The van der Waals surface area contributed by atoms with E-state index in [0.717, 1.165) is 11.1 Å². The van der Waals surface area contributed by atoms with Crippen LogP contribution < -0.4 is 16.0 Å². The first-order valence-corrected chi connectivity index (χ1v) is 7.87. The van der Waals surface area contributed by atoms with E-state index in [1.165, 1.54) is 6.92 Å². The smallest absolute Gasteiger partial charge is 0.233 e. The Morgan fingerprint density at radius 3 is 1.84 bits per heavy atom. The highest BCUT2D eigenvalue weighted by molar-refractivity contribution is 6.08. The molecular weight excluding hydrogens is 318 g/mol. The highest BCUT2D eigenvalue weighted by Gasteiger charge is 2.11. The van der Waals surface area contributed by atoms with E-state index in [1.807, 2.05) is 32.0 Å². The lowest BCUT2D eigenvalue weighted by atomic mass is 10.1. The van der Waals surface area contributed by atoms with Crippen LogP contribution in [-0.2, 0) is 14.4 Å². The molecule has 130 valence electrons. The zero-order valence-electron chi connectivity index (χ0n) is 14.5. The fourth-order valence-electron chi connectivity index (χ4n) is 2.48. The highest BCUT2D eigenvalue weighted by Crippen LogP contribution is 2.16. The van der Waals surface area contributed by atoms with Crippen molar-refractivity contribution in [3.05, 3.63) is 53.6 Å². The molecule has 3 N–H and O–H groups in total. The molecule has 3 amide bonds. The normalized spacial score (nSPS) is 10.0. The first-order chi connectivity index (χ1) is 11.8. The molecule has 0 spiro atoms. The molecule has 0 aliphatic rings. The van der Waals surface area contributed by atoms with Crippen LogP contribution in [0.15, 0.2) is 42.5 Å². The molecule has 0 radical (unpaired) electrons. The maximum Gasteiger partial charge on any atom is 0.233 e. The van der Waals surface area contributed by atoms with Gasteiger partial charge in [-0.15, -0.1) is 0 Å². The van der Waals surface area contributed by atoms with Gasteiger partial charge in [0.15, 0.2) is 0 Å². The molecule has 2 aromatic rings. The van der Waals surface area contributed by atoms with Gasteiger partial charge in [-0.2, -0.15) is 0 Å². The molecule has 2 rings (SSSR count). The SMILES string of the molecule is CC(=O)Nc1cccc(NC(=O)CC(=O)Nc2cc(C)cc(C)c2)c1. The summed E-state index contributed by atoms with van der Waals surface area (Å²) in [6.45, 7) is 5.29. The van der Waals surface area contributed by atoms with E-state index in [2.05, 4.69) is 16.0 Å². The van der Waals surface area contributed by atoms with Crippen molar-refractivity contribution >= 4 is 34.8 Å². The molecule has 6 nitrogen and oxygen atoms in total. The molecule has 0 fully saturated rings. The molecule has 0 aliphatic heterocycles. The van der Waals surface area contributed by atoms with Crippen LogP contribution in [-0.4, -0.2) is 17.7 Å². The molecule has 2 aromatic carbocycles. The molecule has 6 heteroatoms. The van der Waals surface area contributed by atoms with E-state index in [1.54, 1.807) is 24.3 Å². The van der Waals surface area contributed by atoms with Crippen molar-refractivity contribution in [2.45, 2.75) is 27.2 Å². The number of aryl methyl sites for hydroxylation is 2. The van der Waals surface area contributed by atoms with Gasteiger partial charge in [0.25, 0.3) is 0 Å². The zero-order valence-corrected chi connectivity index (χ0v) is 14.5. The molecule has 0 saturated heterocycles. The third kappa shape index (κ3) is 6.10. The van der Waals surface area contributed by atoms with E-state index in [0.29, 0.717) is 17.1 Å². The van der Waals surface area contributed by atoms with Crippen molar-refractivity contribution in [3.63, 3.8) is 0 Å². The van der Waals surface area contributed by atoms with Gasteiger partial charge < -0.3 is 16.0 Å². The Labute approximate surface area is 146 Å². The third-order valence-corrected chi connectivity index (χ3v) is 3.29. The molecule has 0 bridgehead atoms. The molecule has 0 atom stereocenters. The Kier molecular flexibility index (Phi) is 5.89. The van der Waals surface area contributed by atoms with Crippen molar-refractivity contribution < 1.29 is 14.4 Å². The van der Waals surface area contributed by atoms with Gasteiger partial charge in [0.2, 0.25) is 17.7 Å². The zero-order chi connectivity index (χ0) is 18.4. The Bertz CT molecular complexity index is 795. The largest absolute Gasteiger partial charge is 0.326 e. The molecular formula is C19H21N3O3. The number of hydrogen-bond donors (Lipinski definition) is 3. The quantitative estimate of drug-likeness (QED) is 0.731. The first-order valence-electron chi connectivity index (χ1n) is 7.87. The minimum atomic E-state index is -0.429. The van der Waals surface area contributed by atoms with Crippen molar-refractivity contribution in [2.75, 3.05) is 16.0 Å². The van der Waals surface area contributed by atoms with E-state index < -0.39 is 5.91 Å². The van der Waals surface area contributed by atoms with Crippen LogP contribution in [0.5, 0.6) is 0 Å². The summed E-state index contributed by atoms with van der Waals surface area (Å²) in [5.41, 5.74) is 3.83. The maximum absolute atomic E-state index is 12.0. The molecule has 0 saturated carbocycles. The molecule has 0 heterocycles. The lowest BCUT2D eigenvalue weighted by Gasteiger charge is -2.09. The summed E-state index contributed by atoms with van der Waals surface area (Å²) in [7, 11) is 0. The van der Waals surface area contributed by atoms with Gasteiger partial charge in [0, 0.05) is 24.0 Å². The summed E-state index contributed by atoms with van der Waals surface area (Å²) in [6, 6.07) is 12.4. The number of hydrogen-bond acceptors (Lipinski definition) is 3. The van der Waals surface area contributed by atoms with Gasteiger partial charge in [-0.1, -0.05) is 12.1 Å². The average Bonchev–Trinajstić information content (AvgIpc) is 2.44. The summed E-state index contributed by atoms with van der Waals surface area (Å²) in [5.74, 6) is -1.02. The van der Waals surface area contributed by atoms with Gasteiger partial charge in [-0.3, -0.25) is 14.4 Å². The molecule has 0 aromatic heterocycles. The highest BCUT2D eigenvalue weighted by atomic mass is 16.2. The number of rotatable bonds is 5. The van der Waals surface area contributed by atoms with Gasteiger partial charge in [-0.25, -0.2) is 0 Å². The lowest BCUT2D eigenvalue weighted by Crippen LogP contribution is -2.21. The molecule has 0 unspecified atom stereocenters. The van der Waals surface area contributed by atoms with Crippen LogP contribution in [0, 0.1) is 13.8 Å². The number of amides is 3. The minimum absolute atomic E-state index is 0.198. The second kappa shape index (κ2) is 8.10. The van der Waals surface area contributed by atoms with Crippen LogP contribution in [0.25, 0.3) is 0 Å². The number of benzene rings is 2. The van der Waals surface area contributed by atoms with Crippen molar-refractivity contribution in [3.8, 4) is 0 Å². The van der Waals surface area contributed by atoms with Crippen molar-refractivity contribution in [2.24, 2.45) is 0 Å². The Morgan fingerprint density at radius 1 is 0.760 bits per heavy atom. The van der Waals surface area contributed by atoms with Crippen molar-refractivity contribution in [1.82, 2.24) is 0 Å². The van der Waals surface area contributed by atoms with Gasteiger partial charge >= 0.3 is 0 Å². The standard InChI is InChI=1S/C19H21N3O3/c1-12-7-13(2)9-17(8-12)22-19(25)11-18(24)21-16-6-4-5-15(10-16)20-14(3)23/h4-10H,11H2,1-3H3,(H,20,23)(H,21,24)(H,22,25). The summed E-state index contributed by atoms with van der Waals surface area (Å²) < 4.78 is 0. The number of carbonyl (C=O) groups is 3. The Hall–Kier alpha value is -3.15. The lowest BCUT2D eigenvalue weighted by molar-refractivity contribution is -0.123. The molecule has 25 heavy (non-hydrogen) atoms. The number of anilines is 3. The van der Waals surface area contributed by atoms with E-state index in [9.17, 15) is 14.4 Å². The van der Waals surface area contributed by atoms with Crippen LogP contribution in [0.2, 0.25) is 0 Å². The Balaban J connectivity index is 1.93. The second-order valence-electron chi connectivity index (χ2n) is 5.91. The average molecular weight is 339 g/mol. The minimum Gasteiger partial charge on any atom is -0.326 e. The monoisotopic (exact) mass is 339 g/mol. The van der Waals surface area contributed by atoms with E-state index in [4.69, 9.17) is 0 Å². The molecule has 0 aliphatic carbocycles. The van der Waals surface area contributed by atoms with Crippen LogP contribution in [0.3, 0.4) is 0 Å². The first kappa shape index (κ1) is 18.2. The van der Waals surface area contributed by atoms with Crippen LogP contribution in [0.1, 0.15) is 24.5 Å². The predicted octanol–water partition coefficient (Wildman–Crippen LogP) is 3.23. The topological polar surface area (TPSA) is 87.3 Å². The third-order valence-electron chi connectivity index (χ3n) is 3.29. The number of carbonyl (C=O) groups excluding carboxylic acids is 3.